The van der Waals surface area contributed by atoms with Gasteiger partial charge in [0.15, 0.2) is 11.5 Å². The van der Waals surface area contributed by atoms with Crippen molar-refractivity contribution < 1.29 is 32.6 Å². The van der Waals surface area contributed by atoms with Gasteiger partial charge in [0.2, 0.25) is 18.6 Å². The molecule has 2 amide bonds. The normalized spacial score (nSPS) is 16.9. The summed E-state index contributed by atoms with van der Waals surface area (Å²) >= 11 is 0. The Bertz CT molecular complexity index is 699. The first-order valence-corrected chi connectivity index (χ1v) is 8.95. The van der Waals surface area contributed by atoms with E-state index < -0.39 is 6.61 Å². The van der Waals surface area contributed by atoms with Crippen LogP contribution in [-0.2, 0) is 16.1 Å². The lowest BCUT2D eigenvalue weighted by Crippen LogP contribution is -2.41. The van der Waals surface area contributed by atoms with Crippen molar-refractivity contribution in [3.8, 4) is 17.2 Å². The topological polar surface area (TPSA) is 77.1 Å². The van der Waals surface area contributed by atoms with Gasteiger partial charge in [-0.25, -0.2) is 0 Å². The van der Waals surface area contributed by atoms with E-state index in [2.05, 4.69) is 10.1 Å². The van der Waals surface area contributed by atoms with Gasteiger partial charge in [0, 0.05) is 31.1 Å². The minimum Gasteiger partial charge on any atom is -0.454 e. The second kappa shape index (κ2) is 8.88. The molecule has 0 aliphatic carbocycles. The SMILES string of the molecule is O=C(CN1CCCCCCC1=O)NCc1cc2c(cc1OC(F)F)OCO2. The Balaban J connectivity index is 1.61. The van der Waals surface area contributed by atoms with Crippen LogP contribution in [0.3, 0.4) is 0 Å². The maximum absolute atomic E-state index is 12.6. The lowest BCUT2D eigenvalue weighted by molar-refractivity contribution is -0.136. The molecule has 2 aliphatic rings. The zero-order chi connectivity index (χ0) is 19.2. The maximum Gasteiger partial charge on any atom is 0.387 e. The van der Waals surface area contributed by atoms with Crippen LogP contribution in [0.1, 0.15) is 37.7 Å². The summed E-state index contributed by atoms with van der Waals surface area (Å²) in [5, 5.41) is 2.65. The number of amides is 2. The van der Waals surface area contributed by atoms with Gasteiger partial charge in [-0.05, 0) is 18.9 Å². The van der Waals surface area contributed by atoms with E-state index in [1.54, 1.807) is 4.90 Å². The number of likely N-dealkylation sites (tertiary alicyclic amines) is 1. The number of rotatable bonds is 6. The van der Waals surface area contributed by atoms with Crippen molar-refractivity contribution in [2.24, 2.45) is 0 Å². The number of fused-ring (bicyclic) bond motifs is 1. The number of hydrogen-bond acceptors (Lipinski definition) is 5. The predicted molar refractivity (Wildman–Crippen MR) is 90.7 cm³/mol. The Morgan fingerprint density at radius 1 is 1.19 bits per heavy atom. The Labute approximate surface area is 155 Å². The van der Waals surface area contributed by atoms with Gasteiger partial charge in [0.25, 0.3) is 0 Å². The van der Waals surface area contributed by atoms with E-state index in [0.29, 0.717) is 30.0 Å². The molecule has 0 saturated carbocycles. The average molecular weight is 384 g/mol. The monoisotopic (exact) mass is 384 g/mol. The summed E-state index contributed by atoms with van der Waals surface area (Å²) in [4.78, 5) is 25.9. The fourth-order valence-electron chi connectivity index (χ4n) is 3.11. The van der Waals surface area contributed by atoms with Crippen molar-refractivity contribution in [3.05, 3.63) is 17.7 Å². The third kappa shape index (κ3) is 5.21. The van der Waals surface area contributed by atoms with Gasteiger partial charge in [0.1, 0.15) is 5.75 Å². The quantitative estimate of drug-likeness (QED) is 0.815. The fourth-order valence-corrected chi connectivity index (χ4v) is 3.11. The van der Waals surface area contributed by atoms with Crippen molar-refractivity contribution in [1.82, 2.24) is 10.2 Å². The first-order chi connectivity index (χ1) is 13.0. The minimum absolute atomic E-state index is 0.00363. The minimum atomic E-state index is -3.00. The van der Waals surface area contributed by atoms with Crippen LogP contribution in [0.4, 0.5) is 8.78 Å². The molecule has 1 N–H and O–H groups in total. The van der Waals surface area contributed by atoms with Crippen LogP contribution in [-0.4, -0.2) is 43.2 Å². The lowest BCUT2D eigenvalue weighted by atomic mass is 10.1. The molecule has 0 bridgehead atoms. The van der Waals surface area contributed by atoms with Crippen molar-refractivity contribution in [3.63, 3.8) is 0 Å². The first-order valence-electron chi connectivity index (χ1n) is 8.95. The molecule has 9 heteroatoms. The van der Waals surface area contributed by atoms with E-state index in [0.717, 1.165) is 25.7 Å². The summed E-state index contributed by atoms with van der Waals surface area (Å²) < 4.78 is 40.2. The van der Waals surface area contributed by atoms with Crippen LogP contribution in [0.5, 0.6) is 17.2 Å². The number of carbonyl (C=O) groups excluding carboxylic acids is 2. The van der Waals surface area contributed by atoms with Gasteiger partial charge in [-0.3, -0.25) is 9.59 Å². The van der Waals surface area contributed by atoms with E-state index in [-0.39, 0.29) is 37.4 Å². The molecule has 1 aromatic rings. The van der Waals surface area contributed by atoms with Gasteiger partial charge in [-0.15, -0.1) is 0 Å². The lowest BCUT2D eigenvalue weighted by Gasteiger charge is -2.24. The molecule has 0 atom stereocenters. The molecule has 2 heterocycles. The number of nitrogens with one attached hydrogen (secondary N) is 1. The van der Waals surface area contributed by atoms with Crippen LogP contribution in [0.2, 0.25) is 0 Å². The second-order valence-corrected chi connectivity index (χ2v) is 6.45. The highest BCUT2D eigenvalue weighted by Gasteiger charge is 2.22. The van der Waals surface area contributed by atoms with E-state index in [9.17, 15) is 18.4 Å². The summed E-state index contributed by atoms with van der Waals surface area (Å²) in [6, 6.07) is 2.82. The molecule has 7 nitrogen and oxygen atoms in total. The molecule has 1 fully saturated rings. The third-order valence-corrected chi connectivity index (χ3v) is 4.50. The molecule has 1 saturated heterocycles. The molecule has 0 spiro atoms. The standard InChI is InChI=1S/C18H22F2N2O5/c19-18(20)27-13-8-15-14(25-11-26-15)7-12(13)9-21-16(23)10-22-6-4-2-1-3-5-17(22)24/h7-8,18H,1-6,9-11H2,(H,21,23). The highest BCUT2D eigenvalue weighted by Crippen LogP contribution is 2.38. The number of halogens is 2. The van der Waals surface area contributed by atoms with E-state index in [1.165, 1.54) is 12.1 Å². The van der Waals surface area contributed by atoms with Gasteiger partial charge in [-0.2, -0.15) is 8.78 Å². The molecule has 27 heavy (non-hydrogen) atoms. The van der Waals surface area contributed by atoms with Crippen LogP contribution in [0, 0.1) is 0 Å². The molecule has 1 aromatic carbocycles. The molecule has 0 aromatic heterocycles. The molecular weight excluding hydrogens is 362 g/mol. The zero-order valence-corrected chi connectivity index (χ0v) is 14.8. The summed E-state index contributed by atoms with van der Waals surface area (Å²) in [7, 11) is 0. The maximum atomic E-state index is 12.6. The molecule has 0 radical (unpaired) electrons. The summed E-state index contributed by atoms with van der Waals surface area (Å²) in [5.74, 6) is 0.239. The van der Waals surface area contributed by atoms with Crippen molar-refractivity contribution >= 4 is 11.8 Å². The van der Waals surface area contributed by atoms with E-state index in [1.807, 2.05) is 0 Å². The van der Waals surface area contributed by atoms with Gasteiger partial charge in [0.05, 0.1) is 6.54 Å². The fraction of sp³-hybridized carbons (Fsp3) is 0.556. The number of benzene rings is 1. The van der Waals surface area contributed by atoms with E-state index in [4.69, 9.17) is 9.47 Å². The highest BCUT2D eigenvalue weighted by molar-refractivity contribution is 5.84. The van der Waals surface area contributed by atoms with E-state index >= 15 is 0 Å². The molecule has 2 aliphatic heterocycles. The van der Waals surface area contributed by atoms with Crippen molar-refractivity contribution in [1.29, 1.82) is 0 Å². The van der Waals surface area contributed by atoms with Gasteiger partial charge >= 0.3 is 6.61 Å². The Kier molecular flexibility index (Phi) is 6.31. The Hall–Kier alpha value is -2.58. The van der Waals surface area contributed by atoms with Crippen LogP contribution in [0.15, 0.2) is 12.1 Å². The number of ether oxygens (including phenoxy) is 3. The molecule has 3 rings (SSSR count). The molecule has 0 unspecified atom stereocenters. The smallest absolute Gasteiger partial charge is 0.387 e. The van der Waals surface area contributed by atoms with Crippen molar-refractivity contribution in [2.45, 2.75) is 45.3 Å². The first kappa shape index (κ1) is 19.2. The van der Waals surface area contributed by atoms with Crippen LogP contribution < -0.4 is 19.5 Å². The predicted octanol–water partition coefficient (Wildman–Crippen LogP) is 2.43. The third-order valence-electron chi connectivity index (χ3n) is 4.50. The largest absolute Gasteiger partial charge is 0.454 e. The van der Waals surface area contributed by atoms with Crippen LogP contribution >= 0.6 is 0 Å². The Morgan fingerprint density at radius 3 is 2.70 bits per heavy atom. The molecular formula is C18H22F2N2O5. The highest BCUT2D eigenvalue weighted by atomic mass is 19.3. The summed E-state index contributed by atoms with van der Waals surface area (Å²) in [5.41, 5.74) is 0.340. The van der Waals surface area contributed by atoms with Gasteiger partial charge < -0.3 is 24.4 Å². The number of hydrogen-bond donors (Lipinski definition) is 1. The molecule has 148 valence electrons. The number of carbonyl (C=O) groups is 2. The van der Waals surface area contributed by atoms with Crippen LogP contribution in [0.25, 0.3) is 0 Å². The van der Waals surface area contributed by atoms with Gasteiger partial charge in [-0.1, -0.05) is 12.8 Å². The zero-order valence-electron chi connectivity index (χ0n) is 14.8. The Morgan fingerprint density at radius 2 is 1.93 bits per heavy atom. The number of alkyl halides is 2. The summed E-state index contributed by atoms with van der Waals surface area (Å²) in [6.45, 7) is -2.53. The summed E-state index contributed by atoms with van der Waals surface area (Å²) in [6.07, 6.45) is 4.22. The average Bonchev–Trinajstić information content (AvgIpc) is 3.06. The van der Waals surface area contributed by atoms with Crippen molar-refractivity contribution in [2.75, 3.05) is 19.9 Å². The second-order valence-electron chi connectivity index (χ2n) is 6.45. The number of nitrogens with zero attached hydrogens (tertiary/aromatic N) is 1.